The number of carbonyl (C=O) groups excluding carboxylic acids is 2. The SMILES string of the molecule is O=C1CN(C(=O)CNC[C@H]2CCCO2)c2ccccc2N1. The predicted molar refractivity (Wildman–Crippen MR) is 79.3 cm³/mol. The number of nitrogens with zero attached hydrogens (tertiary/aromatic N) is 1. The number of anilines is 2. The zero-order chi connectivity index (χ0) is 14.7. The third-order valence-corrected chi connectivity index (χ3v) is 3.74. The Bertz CT molecular complexity index is 541. The van der Waals surface area contributed by atoms with Gasteiger partial charge in [0.15, 0.2) is 0 Å². The molecule has 2 N–H and O–H groups in total. The summed E-state index contributed by atoms with van der Waals surface area (Å²) < 4.78 is 5.50. The maximum absolute atomic E-state index is 12.3. The first kappa shape index (κ1) is 14.0. The Kier molecular flexibility index (Phi) is 4.17. The molecule has 1 fully saturated rings. The lowest BCUT2D eigenvalue weighted by Crippen LogP contribution is -2.46. The number of ether oxygens (including phenoxy) is 1. The van der Waals surface area contributed by atoms with Crippen LogP contribution in [0.5, 0.6) is 0 Å². The molecule has 2 heterocycles. The molecule has 0 spiro atoms. The minimum absolute atomic E-state index is 0.0669. The summed E-state index contributed by atoms with van der Waals surface area (Å²) in [6, 6.07) is 7.33. The van der Waals surface area contributed by atoms with E-state index in [1.54, 1.807) is 6.07 Å². The van der Waals surface area contributed by atoms with E-state index in [0.29, 0.717) is 12.2 Å². The Hall–Kier alpha value is -1.92. The van der Waals surface area contributed by atoms with Crippen molar-refractivity contribution in [3.63, 3.8) is 0 Å². The molecular weight excluding hydrogens is 270 g/mol. The molecule has 0 saturated carbocycles. The van der Waals surface area contributed by atoms with E-state index in [4.69, 9.17) is 4.74 Å². The maximum Gasteiger partial charge on any atom is 0.244 e. The van der Waals surface area contributed by atoms with Gasteiger partial charge >= 0.3 is 0 Å². The topological polar surface area (TPSA) is 70.7 Å². The Morgan fingerprint density at radius 2 is 2.29 bits per heavy atom. The highest BCUT2D eigenvalue weighted by Crippen LogP contribution is 2.28. The van der Waals surface area contributed by atoms with Gasteiger partial charge in [-0.3, -0.25) is 14.5 Å². The van der Waals surface area contributed by atoms with Gasteiger partial charge in [0, 0.05) is 13.2 Å². The molecule has 0 radical (unpaired) electrons. The molecule has 3 rings (SSSR count). The van der Waals surface area contributed by atoms with E-state index in [9.17, 15) is 9.59 Å². The van der Waals surface area contributed by atoms with Gasteiger partial charge in [0.2, 0.25) is 11.8 Å². The van der Waals surface area contributed by atoms with Crippen LogP contribution in [0.3, 0.4) is 0 Å². The zero-order valence-electron chi connectivity index (χ0n) is 11.8. The normalized spacial score (nSPS) is 21.0. The standard InChI is InChI=1S/C15H19N3O3/c19-14-10-18(13-6-2-1-5-12(13)17-14)15(20)9-16-8-11-4-3-7-21-11/h1-2,5-6,11,16H,3-4,7-10H2,(H,17,19)/t11-/m1/s1. The van der Waals surface area contributed by atoms with E-state index in [1.165, 1.54) is 4.90 Å². The van der Waals surface area contributed by atoms with Crippen LogP contribution in [-0.2, 0) is 14.3 Å². The molecule has 2 aliphatic rings. The predicted octanol–water partition coefficient (Wildman–Crippen LogP) is 0.740. The number of benzene rings is 1. The molecule has 21 heavy (non-hydrogen) atoms. The third-order valence-electron chi connectivity index (χ3n) is 3.74. The van der Waals surface area contributed by atoms with Gasteiger partial charge in [-0.15, -0.1) is 0 Å². The average molecular weight is 289 g/mol. The largest absolute Gasteiger partial charge is 0.377 e. The van der Waals surface area contributed by atoms with Gasteiger partial charge in [-0.2, -0.15) is 0 Å². The highest BCUT2D eigenvalue weighted by molar-refractivity contribution is 6.10. The first-order valence-electron chi connectivity index (χ1n) is 7.25. The molecule has 0 aromatic heterocycles. The molecule has 0 bridgehead atoms. The van der Waals surface area contributed by atoms with Crippen molar-refractivity contribution >= 4 is 23.2 Å². The molecule has 1 aromatic carbocycles. The third kappa shape index (κ3) is 3.22. The molecular formula is C15H19N3O3. The molecule has 2 amide bonds. The summed E-state index contributed by atoms with van der Waals surface area (Å²) in [5.74, 6) is -0.267. The summed E-state index contributed by atoms with van der Waals surface area (Å²) in [6.45, 7) is 1.76. The number of hydrogen-bond acceptors (Lipinski definition) is 4. The molecule has 6 nitrogen and oxygen atoms in total. The van der Waals surface area contributed by atoms with E-state index in [0.717, 1.165) is 25.1 Å². The van der Waals surface area contributed by atoms with E-state index in [1.807, 2.05) is 18.2 Å². The summed E-state index contributed by atoms with van der Waals surface area (Å²) in [7, 11) is 0. The number of fused-ring (bicyclic) bond motifs is 1. The van der Waals surface area contributed by atoms with Crippen LogP contribution < -0.4 is 15.5 Å². The lowest BCUT2D eigenvalue weighted by Gasteiger charge is -2.29. The fraction of sp³-hybridized carbons (Fsp3) is 0.467. The van der Waals surface area contributed by atoms with Crippen molar-refractivity contribution in [2.45, 2.75) is 18.9 Å². The van der Waals surface area contributed by atoms with E-state index in [2.05, 4.69) is 10.6 Å². The fourth-order valence-electron chi connectivity index (χ4n) is 2.70. The van der Waals surface area contributed by atoms with Crippen LogP contribution >= 0.6 is 0 Å². The zero-order valence-corrected chi connectivity index (χ0v) is 11.8. The van der Waals surface area contributed by atoms with Gasteiger partial charge in [0.25, 0.3) is 0 Å². The van der Waals surface area contributed by atoms with Crippen LogP contribution in [-0.4, -0.2) is 44.2 Å². The highest BCUT2D eigenvalue weighted by atomic mass is 16.5. The number of nitrogens with one attached hydrogen (secondary N) is 2. The summed E-state index contributed by atoms with van der Waals surface area (Å²) >= 11 is 0. The van der Waals surface area contributed by atoms with Crippen molar-refractivity contribution in [2.75, 3.05) is 36.5 Å². The van der Waals surface area contributed by atoms with Crippen LogP contribution in [0.4, 0.5) is 11.4 Å². The maximum atomic E-state index is 12.3. The second-order valence-electron chi connectivity index (χ2n) is 5.31. The Morgan fingerprint density at radius 3 is 3.10 bits per heavy atom. The molecule has 1 aromatic rings. The van der Waals surface area contributed by atoms with Crippen molar-refractivity contribution in [3.05, 3.63) is 24.3 Å². The lowest BCUT2D eigenvalue weighted by atomic mass is 10.2. The number of amides is 2. The smallest absolute Gasteiger partial charge is 0.244 e. The number of hydrogen-bond donors (Lipinski definition) is 2. The molecule has 0 aliphatic carbocycles. The van der Waals surface area contributed by atoms with Gasteiger partial charge in [0.05, 0.1) is 24.0 Å². The number of carbonyl (C=O) groups is 2. The van der Waals surface area contributed by atoms with Crippen molar-refractivity contribution < 1.29 is 14.3 Å². The van der Waals surface area contributed by atoms with Crippen molar-refractivity contribution in [1.82, 2.24) is 5.32 Å². The van der Waals surface area contributed by atoms with Crippen molar-refractivity contribution in [3.8, 4) is 0 Å². The minimum Gasteiger partial charge on any atom is -0.377 e. The second-order valence-corrected chi connectivity index (χ2v) is 5.31. The van der Waals surface area contributed by atoms with Gasteiger partial charge in [-0.05, 0) is 25.0 Å². The van der Waals surface area contributed by atoms with Gasteiger partial charge in [0.1, 0.15) is 6.54 Å². The highest BCUT2D eigenvalue weighted by Gasteiger charge is 2.26. The summed E-state index contributed by atoms with van der Waals surface area (Å²) in [6.07, 6.45) is 2.32. The Labute approximate surface area is 123 Å². The first-order valence-corrected chi connectivity index (χ1v) is 7.25. The van der Waals surface area contributed by atoms with Crippen molar-refractivity contribution in [2.24, 2.45) is 0 Å². The molecule has 112 valence electrons. The molecule has 1 atom stereocenters. The Morgan fingerprint density at radius 1 is 1.43 bits per heavy atom. The molecule has 1 saturated heterocycles. The van der Waals surface area contributed by atoms with E-state index in [-0.39, 0.29) is 31.0 Å². The number of rotatable bonds is 4. The van der Waals surface area contributed by atoms with E-state index < -0.39 is 0 Å². The van der Waals surface area contributed by atoms with E-state index >= 15 is 0 Å². The monoisotopic (exact) mass is 289 g/mol. The van der Waals surface area contributed by atoms with Crippen LogP contribution in [0, 0.1) is 0 Å². The Balaban J connectivity index is 1.60. The van der Waals surface area contributed by atoms with Gasteiger partial charge in [-0.25, -0.2) is 0 Å². The molecule has 0 unspecified atom stereocenters. The summed E-state index contributed by atoms with van der Waals surface area (Å²) in [5.41, 5.74) is 1.43. The fourth-order valence-corrected chi connectivity index (χ4v) is 2.70. The van der Waals surface area contributed by atoms with Gasteiger partial charge < -0.3 is 15.4 Å². The quantitative estimate of drug-likeness (QED) is 0.857. The lowest BCUT2D eigenvalue weighted by molar-refractivity contribution is -0.121. The molecule has 2 aliphatic heterocycles. The second kappa shape index (κ2) is 6.24. The molecule has 6 heteroatoms. The number of para-hydroxylation sites is 2. The minimum atomic E-state index is -0.166. The average Bonchev–Trinajstić information content (AvgIpc) is 2.99. The van der Waals surface area contributed by atoms with Crippen LogP contribution in [0.25, 0.3) is 0 Å². The van der Waals surface area contributed by atoms with Crippen LogP contribution in [0.2, 0.25) is 0 Å². The van der Waals surface area contributed by atoms with Crippen LogP contribution in [0.15, 0.2) is 24.3 Å². The van der Waals surface area contributed by atoms with Gasteiger partial charge in [-0.1, -0.05) is 12.1 Å². The summed E-state index contributed by atoms with van der Waals surface area (Å²) in [4.78, 5) is 25.5. The van der Waals surface area contributed by atoms with Crippen molar-refractivity contribution in [1.29, 1.82) is 0 Å². The first-order chi connectivity index (χ1) is 10.2. The summed E-state index contributed by atoms with van der Waals surface area (Å²) in [5, 5.41) is 5.89. The van der Waals surface area contributed by atoms with Crippen LogP contribution in [0.1, 0.15) is 12.8 Å².